The molecule has 0 saturated carbocycles. The molecular weight excluding hydrogens is 376 g/mol. The monoisotopic (exact) mass is 406 g/mol. The highest BCUT2D eigenvalue weighted by molar-refractivity contribution is 5.94. The molecule has 0 aliphatic heterocycles. The predicted molar refractivity (Wildman–Crippen MR) is 120 cm³/mol. The van der Waals surface area contributed by atoms with E-state index in [1.807, 2.05) is 84.8 Å². The second kappa shape index (κ2) is 10.1. The lowest BCUT2D eigenvalue weighted by Gasteiger charge is -2.27. The number of benzene rings is 2. The molecule has 3 aromatic rings. The summed E-state index contributed by atoms with van der Waals surface area (Å²) in [5, 5.41) is 2.90. The zero-order valence-electron chi connectivity index (χ0n) is 18.0. The summed E-state index contributed by atoms with van der Waals surface area (Å²) >= 11 is 0. The third-order valence-electron chi connectivity index (χ3n) is 5.07. The molecule has 0 saturated heterocycles. The number of para-hydroxylation sites is 3. The van der Waals surface area contributed by atoms with Crippen molar-refractivity contribution in [1.82, 2.24) is 14.9 Å². The number of hydrogen-bond donors (Lipinski definition) is 1. The minimum absolute atomic E-state index is 0.0277. The number of aryl methyl sites for hydroxylation is 1. The van der Waals surface area contributed by atoms with Gasteiger partial charge in [0.25, 0.3) is 0 Å². The van der Waals surface area contributed by atoms with Crippen LogP contribution in [-0.4, -0.2) is 34.0 Å². The molecule has 0 unspecified atom stereocenters. The Kier molecular flexibility index (Phi) is 7.22. The molecule has 1 N–H and O–H groups in total. The fourth-order valence-electron chi connectivity index (χ4n) is 3.62. The molecule has 0 fully saturated rings. The number of anilines is 1. The Morgan fingerprint density at radius 2 is 1.77 bits per heavy atom. The Labute approximate surface area is 177 Å². The number of hydrogen-bond acceptors (Lipinski definition) is 3. The van der Waals surface area contributed by atoms with Gasteiger partial charge in [-0.3, -0.25) is 9.59 Å². The van der Waals surface area contributed by atoms with Crippen LogP contribution in [0.1, 0.15) is 39.4 Å². The van der Waals surface area contributed by atoms with Crippen molar-refractivity contribution in [2.75, 3.05) is 11.4 Å². The molecule has 0 aliphatic carbocycles. The molecule has 2 aromatic carbocycles. The van der Waals surface area contributed by atoms with Crippen molar-refractivity contribution < 1.29 is 9.59 Å². The number of carbonyl (C=O) groups is 2. The van der Waals surface area contributed by atoms with Crippen LogP contribution in [0.5, 0.6) is 0 Å². The molecule has 2 amide bonds. The van der Waals surface area contributed by atoms with Crippen LogP contribution in [0.15, 0.2) is 54.6 Å². The van der Waals surface area contributed by atoms with Crippen LogP contribution in [-0.2, 0) is 22.6 Å². The fraction of sp³-hybridized carbons (Fsp3) is 0.375. The summed E-state index contributed by atoms with van der Waals surface area (Å²) in [7, 11) is 0. The number of aromatic nitrogens is 2. The van der Waals surface area contributed by atoms with E-state index in [0.717, 1.165) is 29.0 Å². The number of nitrogens with zero attached hydrogens (tertiary/aromatic N) is 3. The maximum absolute atomic E-state index is 13.3. The number of imidazole rings is 1. The maximum atomic E-state index is 13.3. The number of carbonyl (C=O) groups excluding carboxylic acids is 2. The topological polar surface area (TPSA) is 67.2 Å². The van der Waals surface area contributed by atoms with Crippen molar-refractivity contribution in [3.05, 3.63) is 60.4 Å². The van der Waals surface area contributed by atoms with Crippen molar-refractivity contribution in [2.45, 2.75) is 52.6 Å². The van der Waals surface area contributed by atoms with E-state index in [0.29, 0.717) is 19.4 Å². The van der Waals surface area contributed by atoms with Crippen LogP contribution in [0.3, 0.4) is 0 Å². The third-order valence-corrected chi connectivity index (χ3v) is 5.07. The second-order valence-corrected chi connectivity index (χ2v) is 7.60. The molecule has 6 nitrogen and oxygen atoms in total. The van der Waals surface area contributed by atoms with Crippen LogP contribution >= 0.6 is 0 Å². The van der Waals surface area contributed by atoms with E-state index in [-0.39, 0.29) is 24.4 Å². The summed E-state index contributed by atoms with van der Waals surface area (Å²) in [6, 6.07) is 17.7. The second-order valence-electron chi connectivity index (χ2n) is 7.60. The normalized spacial score (nSPS) is 11.1. The molecule has 0 bridgehead atoms. The Hall–Kier alpha value is -3.15. The van der Waals surface area contributed by atoms with Gasteiger partial charge in [0.15, 0.2) is 0 Å². The van der Waals surface area contributed by atoms with Crippen molar-refractivity contribution in [3.63, 3.8) is 0 Å². The minimum Gasteiger partial charge on any atom is -0.356 e. The van der Waals surface area contributed by atoms with Crippen LogP contribution < -0.4 is 10.2 Å². The van der Waals surface area contributed by atoms with Crippen molar-refractivity contribution in [1.29, 1.82) is 0 Å². The molecule has 1 heterocycles. The van der Waals surface area contributed by atoms with Gasteiger partial charge in [0.2, 0.25) is 11.8 Å². The van der Waals surface area contributed by atoms with Gasteiger partial charge in [-0.2, -0.15) is 0 Å². The van der Waals surface area contributed by atoms with Crippen LogP contribution in [0.25, 0.3) is 11.0 Å². The standard InChI is InChI=1S/C24H30N4O2/c1-4-23(29)25-16-10-15-22-26-20-13-8-9-14-21(20)27(22)17-24(30)28(18(2)3)19-11-6-5-7-12-19/h5-9,11-14,18H,4,10,15-17H2,1-3H3,(H,25,29). The Bertz CT molecular complexity index is 995. The first-order valence-corrected chi connectivity index (χ1v) is 10.6. The summed E-state index contributed by atoms with van der Waals surface area (Å²) in [6.45, 7) is 6.71. The zero-order valence-corrected chi connectivity index (χ0v) is 18.0. The Morgan fingerprint density at radius 1 is 1.07 bits per heavy atom. The van der Waals surface area contributed by atoms with E-state index in [2.05, 4.69) is 5.32 Å². The number of fused-ring (bicyclic) bond motifs is 1. The lowest BCUT2D eigenvalue weighted by molar-refractivity contribution is -0.121. The minimum atomic E-state index is 0.0277. The molecule has 0 radical (unpaired) electrons. The van der Waals surface area contributed by atoms with E-state index >= 15 is 0 Å². The molecule has 3 rings (SSSR count). The summed E-state index contributed by atoms with van der Waals surface area (Å²) in [5.41, 5.74) is 2.73. The molecule has 0 atom stereocenters. The highest BCUT2D eigenvalue weighted by atomic mass is 16.2. The van der Waals surface area contributed by atoms with Gasteiger partial charge in [-0.25, -0.2) is 4.98 Å². The van der Waals surface area contributed by atoms with Crippen LogP contribution in [0.2, 0.25) is 0 Å². The highest BCUT2D eigenvalue weighted by Gasteiger charge is 2.21. The molecule has 158 valence electrons. The highest BCUT2D eigenvalue weighted by Crippen LogP contribution is 2.21. The number of rotatable bonds is 9. The molecule has 0 aliphatic rings. The van der Waals surface area contributed by atoms with E-state index in [9.17, 15) is 9.59 Å². The predicted octanol–water partition coefficient (Wildman–Crippen LogP) is 3.94. The first-order valence-electron chi connectivity index (χ1n) is 10.6. The van der Waals surface area contributed by atoms with Gasteiger partial charge in [0, 0.05) is 31.1 Å². The molecule has 30 heavy (non-hydrogen) atoms. The Balaban J connectivity index is 1.83. The smallest absolute Gasteiger partial charge is 0.247 e. The van der Waals surface area contributed by atoms with Gasteiger partial charge in [0.05, 0.1) is 11.0 Å². The zero-order chi connectivity index (χ0) is 21.5. The maximum Gasteiger partial charge on any atom is 0.247 e. The quantitative estimate of drug-likeness (QED) is 0.548. The van der Waals surface area contributed by atoms with Gasteiger partial charge in [-0.15, -0.1) is 0 Å². The summed E-state index contributed by atoms with van der Waals surface area (Å²) < 4.78 is 2.01. The largest absolute Gasteiger partial charge is 0.356 e. The van der Waals surface area contributed by atoms with E-state index in [1.54, 1.807) is 0 Å². The SMILES string of the molecule is CCC(=O)NCCCc1nc2ccccc2n1CC(=O)N(c1ccccc1)C(C)C. The number of nitrogens with one attached hydrogen (secondary N) is 1. The van der Waals surface area contributed by atoms with Gasteiger partial charge in [0.1, 0.15) is 12.4 Å². The molecule has 0 spiro atoms. The first-order chi connectivity index (χ1) is 14.5. The summed E-state index contributed by atoms with van der Waals surface area (Å²) in [6.07, 6.45) is 1.95. The first kappa shape index (κ1) is 21.6. The molecular formula is C24H30N4O2. The third kappa shape index (κ3) is 5.06. The lowest BCUT2D eigenvalue weighted by atomic mass is 10.2. The van der Waals surface area contributed by atoms with Gasteiger partial charge >= 0.3 is 0 Å². The number of amides is 2. The van der Waals surface area contributed by atoms with E-state index in [1.165, 1.54) is 0 Å². The average Bonchev–Trinajstić information content (AvgIpc) is 3.09. The van der Waals surface area contributed by atoms with Crippen molar-refractivity contribution in [3.8, 4) is 0 Å². The van der Waals surface area contributed by atoms with Gasteiger partial charge in [-0.05, 0) is 44.5 Å². The van der Waals surface area contributed by atoms with E-state index < -0.39 is 0 Å². The van der Waals surface area contributed by atoms with Crippen molar-refractivity contribution >= 4 is 28.5 Å². The molecule has 6 heteroatoms. The van der Waals surface area contributed by atoms with Crippen LogP contribution in [0, 0.1) is 0 Å². The van der Waals surface area contributed by atoms with E-state index in [4.69, 9.17) is 4.98 Å². The summed E-state index contributed by atoms with van der Waals surface area (Å²) in [4.78, 5) is 31.4. The average molecular weight is 407 g/mol. The lowest BCUT2D eigenvalue weighted by Crippen LogP contribution is -2.39. The Morgan fingerprint density at radius 3 is 2.47 bits per heavy atom. The van der Waals surface area contributed by atoms with Gasteiger partial charge < -0.3 is 14.8 Å². The molecule has 1 aromatic heterocycles. The van der Waals surface area contributed by atoms with Crippen LogP contribution in [0.4, 0.5) is 5.69 Å². The fourth-order valence-corrected chi connectivity index (χ4v) is 3.62. The van der Waals surface area contributed by atoms with Gasteiger partial charge in [-0.1, -0.05) is 37.3 Å². The summed E-state index contributed by atoms with van der Waals surface area (Å²) in [5.74, 6) is 0.945. The van der Waals surface area contributed by atoms with Crippen molar-refractivity contribution in [2.24, 2.45) is 0 Å².